The first-order valence-electron chi connectivity index (χ1n) is 4.27. The molecular formula is C9H10ClN3S. The lowest BCUT2D eigenvalue weighted by Gasteiger charge is -1.99. The minimum Gasteiger partial charge on any atom is -0.334 e. The summed E-state index contributed by atoms with van der Waals surface area (Å²) in [6.07, 6.45) is 3.61. The highest BCUT2D eigenvalue weighted by Gasteiger charge is 2.06. The molecule has 2 aromatic heterocycles. The minimum atomic E-state index is 0.634. The van der Waals surface area contributed by atoms with E-state index in [0.717, 1.165) is 21.8 Å². The van der Waals surface area contributed by atoms with Gasteiger partial charge in [-0.15, -0.1) is 23.4 Å². The smallest absolute Gasteiger partial charge is 0.124 e. The third-order valence-electron chi connectivity index (χ3n) is 1.93. The first kappa shape index (κ1) is 9.80. The highest BCUT2D eigenvalue weighted by atomic mass is 35.5. The van der Waals surface area contributed by atoms with E-state index in [1.165, 1.54) is 0 Å². The molecule has 5 heteroatoms. The summed E-state index contributed by atoms with van der Waals surface area (Å²) in [5.41, 5.74) is 2.07. The van der Waals surface area contributed by atoms with Gasteiger partial charge in [0.15, 0.2) is 0 Å². The van der Waals surface area contributed by atoms with Gasteiger partial charge in [-0.25, -0.2) is 9.97 Å². The highest BCUT2D eigenvalue weighted by Crippen LogP contribution is 2.23. The molecule has 0 saturated heterocycles. The molecule has 2 heterocycles. The van der Waals surface area contributed by atoms with E-state index in [1.807, 2.05) is 17.7 Å². The van der Waals surface area contributed by atoms with Crippen molar-refractivity contribution in [3.63, 3.8) is 0 Å². The van der Waals surface area contributed by atoms with Crippen LogP contribution in [0.15, 0.2) is 23.6 Å². The summed E-state index contributed by atoms with van der Waals surface area (Å²) in [6.45, 7) is 0. The monoisotopic (exact) mass is 227 g/mol. The summed E-state index contributed by atoms with van der Waals surface area (Å²) in [6, 6.07) is 1.97. The van der Waals surface area contributed by atoms with Crippen molar-refractivity contribution in [3.05, 3.63) is 18.6 Å². The Hall–Kier alpha value is -0.740. The second kappa shape index (κ2) is 4.19. The number of thioether (sulfide) groups is 1. The lowest BCUT2D eigenvalue weighted by molar-refractivity contribution is 0.947. The van der Waals surface area contributed by atoms with E-state index >= 15 is 0 Å². The maximum atomic E-state index is 5.63. The molecule has 0 aliphatic heterocycles. The zero-order chi connectivity index (χ0) is 9.97. The third-order valence-corrected chi connectivity index (χ3v) is 3.32. The zero-order valence-corrected chi connectivity index (χ0v) is 9.35. The van der Waals surface area contributed by atoms with E-state index in [-0.39, 0.29) is 0 Å². The van der Waals surface area contributed by atoms with Gasteiger partial charge in [-0.05, 0) is 6.07 Å². The molecule has 0 unspecified atom stereocenters. The van der Waals surface area contributed by atoms with Gasteiger partial charge in [0.2, 0.25) is 0 Å². The Kier molecular flexibility index (Phi) is 2.93. The molecule has 3 nitrogen and oxygen atoms in total. The SMILES string of the molecule is Cn1cnc2c(SCCCl)nccc21. The number of halogens is 1. The molecule has 0 atom stereocenters. The van der Waals surface area contributed by atoms with Gasteiger partial charge in [0, 0.05) is 24.9 Å². The van der Waals surface area contributed by atoms with Crippen molar-refractivity contribution in [1.82, 2.24) is 14.5 Å². The summed E-state index contributed by atoms with van der Waals surface area (Å²) >= 11 is 7.28. The van der Waals surface area contributed by atoms with E-state index in [1.54, 1.807) is 24.3 Å². The molecule has 2 aromatic rings. The summed E-state index contributed by atoms with van der Waals surface area (Å²) < 4.78 is 1.99. The number of hydrogen-bond donors (Lipinski definition) is 0. The maximum absolute atomic E-state index is 5.63. The lowest BCUT2D eigenvalue weighted by atomic mass is 10.4. The predicted molar refractivity (Wildman–Crippen MR) is 60.0 cm³/mol. The largest absolute Gasteiger partial charge is 0.334 e. The molecule has 0 fully saturated rings. The van der Waals surface area contributed by atoms with Gasteiger partial charge in [-0.3, -0.25) is 0 Å². The molecule has 2 rings (SSSR count). The van der Waals surface area contributed by atoms with Crippen molar-refractivity contribution in [1.29, 1.82) is 0 Å². The van der Waals surface area contributed by atoms with E-state index in [0.29, 0.717) is 5.88 Å². The average Bonchev–Trinajstić information content (AvgIpc) is 2.58. The Bertz CT molecular complexity index is 441. The molecule has 0 saturated carbocycles. The van der Waals surface area contributed by atoms with Crippen molar-refractivity contribution in [3.8, 4) is 0 Å². The minimum absolute atomic E-state index is 0.634. The van der Waals surface area contributed by atoms with Gasteiger partial charge in [0.1, 0.15) is 10.5 Å². The normalized spacial score (nSPS) is 11.0. The molecule has 0 aromatic carbocycles. The van der Waals surface area contributed by atoms with E-state index in [9.17, 15) is 0 Å². The first-order chi connectivity index (χ1) is 6.83. The van der Waals surface area contributed by atoms with Crippen LogP contribution in [0.5, 0.6) is 0 Å². The predicted octanol–water partition coefficient (Wildman–Crippen LogP) is 2.30. The average molecular weight is 228 g/mol. The van der Waals surface area contributed by atoms with Crippen molar-refractivity contribution < 1.29 is 0 Å². The van der Waals surface area contributed by atoms with Gasteiger partial charge in [0.05, 0.1) is 11.8 Å². The third kappa shape index (κ3) is 1.72. The van der Waals surface area contributed by atoms with Crippen LogP contribution in [0.3, 0.4) is 0 Å². The number of imidazole rings is 1. The molecular weight excluding hydrogens is 218 g/mol. The Morgan fingerprint density at radius 3 is 3.14 bits per heavy atom. The Balaban J connectivity index is 2.44. The van der Waals surface area contributed by atoms with Crippen LogP contribution in [-0.2, 0) is 7.05 Å². The van der Waals surface area contributed by atoms with E-state index in [2.05, 4.69) is 9.97 Å². The van der Waals surface area contributed by atoms with E-state index in [4.69, 9.17) is 11.6 Å². The fraction of sp³-hybridized carbons (Fsp3) is 0.333. The molecule has 0 amide bonds. The zero-order valence-electron chi connectivity index (χ0n) is 7.77. The number of fused-ring (bicyclic) bond motifs is 1. The van der Waals surface area contributed by atoms with Crippen molar-refractivity contribution >= 4 is 34.4 Å². The van der Waals surface area contributed by atoms with E-state index < -0.39 is 0 Å². The van der Waals surface area contributed by atoms with Gasteiger partial charge in [-0.2, -0.15) is 0 Å². The van der Waals surface area contributed by atoms with Crippen LogP contribution in [0.4, 0.5) is 0 Å². The van der Waals surface area contributed by atoms with Crippen molar-refractivity contribution in [2.45, 2.75) is 5.03 Å². The van der Waals surface area contributed by atoms with Crippen molar-refractivity contribution in [2.24, 2.45) is 7.05 Å². The van der Waals surface area contributed by atoms with Crippen LogP contribution in [0.25, 0.3) is 11.0 Å². The van der Waals surface area contributed by atoms with Crippen LogP contribution in [0.1, 0.15) is 0 Å². The highest BCUT2D eigenvalue weighted by molar-refractivity contribution is 7.99. The number of nitrogens with zero attached hydrogens (tertiary/aromatic N) is 3. The Labute approximate surface area is 91.5 Å². The fourth-order valence-corrected chi connectivity index (χ4v) is 2.21. The summed E-state index contributed by atoms with van der Waals surface area (Å²) in [4.78, 5) is 8.59. The molecule has 14 heavy (non-hydrogen) atoms. The van der Waals surface area contributed by atoms with Gasteiger partial charge in [0.25, 0.3) is 0 Å². The summed E-state index contributed by atoms with van der Waals surface area (Å²) in [5, 5.41) is 0.962. The Morgan fingerprint density at radius 2 is 2.36 bits per heavy atom. The van der Waals surface area contributed by atoms with Gasteiger partial charge >= 0.3 is 0 Å². The van der Waals surface area contributed by atoms with Gasteiger partial charge < -0.3 is 4.57 Å². The van der Waals surface area contributed by atoms with Crippen molar-refractivity contribution in [2.75, 3.05) is 11.6 Å². The molecule has 0 spiro atoms. The number of pyridine rings is 1. The molecule has 0 bridgehead atoms. The molecule has 74 valence electrons. The quantitative estimate of drug-likeness (QED) is 0.596. The topological polar surface area (TPSA) is 30.7 Å². The van der Waals surface area contributed by atoms with Crippen LogP contribution in [0, 0.1) is 0 Å². The molecule has 0 aliphatic rings. The number of aryl methyl sites for hydroxylation is 1. The van der Waals surface area contributed by atoms with Gasteiger partial charge in [-0.1, -0.05) is 0 Å². The first-order valence-corrected chi connectivity index (χ1v) is 5.79. The number of hydrogen-bond acceptors (Lipinski definition) is 3. The maximum Gasteiger partial charge on any atom is 0.124 e. The number of aromatic nitrogens is 3. The molecule has 0 aliphatic carbocycles. The summed E-state index contributed by atoms with van der Waals surface area (Å²) in [7, 11) is 1.98. The standard InChI is InChI=1S/C9H10ClN3S/c1-13-6-12-8-7(13)2-4-11-9(8)14-5-3-10/h2,4,6H,3,5H2,1H3. The summed E-state index contributed by atoms with van der Waals surface area (Å²) in [5.74, 6) is 1.50. The lowest BCUT2D eigenvalue weighted by Crippen LogP contribution is -1.87. The fourth-order valence-electron chi connectivity index (χ4n) is 1.28. The molecule has 0 N–H and O–H groups in total. The number of rotatable bonds is 3. The van der Waals surface area contributed by atoms with Crippen LogP contribution < -0.4 is 0 Å². The van der Waals surface area contributed by atoms with Crippen LogP contribution >= 0.6 is 23.4 Å². The van der Waals surface area contributed by atoms with Crippen LogP contribution in [0.2, 0.25) is 0 Å². The number of alkyl halides is 1. The second-order valence-electron chi connectivity index (χ2n) is 2.88. The molecule has 0 radical (unpaired) electrons. The Morgan fingerprint density at radius 1 is 1.50 bits per heavy atom. The van der Waals surface area contributed by atoms with Crippen LogP contribution in [-0.4, -0.2) is 26.2 Å². The second-order valence-corrected chi connectivity index (χ2v) is 4.34.